The highest BCUT2D eigenvalue weighted by atomic mass is 32.2. The zero-order chi connectivity index (χ0) is 18.0. The molecule has 3 rings (SSSR count). The number of nitrogens with zero attached hydrogens (tertiary/aromatic N) is 1. The van der Waals surface area contributed by atoms with Crippen molar-refractivity contribution < 1.29 is 12.8 Å². The van der Waals surface area contributed by atoms with Crippen LogP contribution in [0.25, 0.3) is 11.0 Å². The lowest BCUT2D eigenvalue weighted by Gasteiger charge is -2.09. The molecule has 2 aromatic carbocycles. The van der Waals surface area contributed by atoms with Gasteiger partial charge in [-0.15, -0.1) is 0 Å². The molecule has 0 aliphatic heterocycles. The van der Waals surface area contributed by atoms with Crippen molar-refractivity contribution >= 4 is 21.1 Å². The Balaban J connectivity index is 1.66. The van der Waals surface area contributed by atoms with Crippen LogP contribution >= 0.6 is 0 Å². The van der Waals surface area contributed by atoms with Gasteiger partial charge in [0.25, 0.3) is 0 Å². The molecule has 6 nitrogen and oxygen atoms in total. The summed E-state index contributed by atoms with van der Waals surface area (Å²) in [6.07, 6.45) is 0.446. The SMILES string of the molecule is Cc1cc(F)ccc1S(=O)(=O)NCCCn1c(=O)[nH]c2ccccc21. The molecule has 132 valence electrons. The molecule has 0 radical (unpaired) electrons. The maximum atomic E-state index is 13.1. The molecule has 0 atom stereocenters. The van der Waals surface area contributed by atoms with Gasteiger partial charge in [-0.25, -0.2) is 22.3 Å². The van der Waals surface area contributed by atoms with Crippen LogP contribution in [0.1, 0.15) is 12.0 Å². The van der Waals surface area contributed by atoms with Crippen LogP contribution in [-0.4, -0.2) is 24.5 Å². The van der Waals surface area contributed by atoms with Crippen LogP contribution in [0.5, 0.6) is 0 Å². The molecule has 0 spiro atoms. The van der Waals surface area contributed by atoms with E-state index in [4.69, 9.17) is 0 Å². The number of imidazole rings is 1. The molecule has 0 saturated heterocycles. The fourth-order valence-corrected chi connectivity index (χ4v) is 4.06. The molecule has 0 amide bonds. The van der Waals surface area contributed by atoms with Crippen molar-refractivity contribution in [3.05, 3.63) is 64.3 Å². The van der Waals surface area contributed by atoms with Crippen LogP contribution in [0.4, 0.5) is 4.39 Å². The van der Waals surface area contributed by atoms with E-state index in [9.17, 15) is 17.6 Å². The first kappa shape index (κ1) is 17.4. The summed E-state index contributed by atoms with van der Waals surface area (Å²) in [4.78, 5) is 14.8. The Kier molecular flexibility index (Phi) is 4.73. The zero-order valence-electron chi connectivity index (χ0n) is 13.6. The highest BCUT2D eigenvalue weighted by Gasteiger charge is 2.16. The van der Waals surface area contributed by atoms with Crippen LogP contribution in [-0.2, 0) is 16.6 Å². The van der Waals surface area contributed by atoms with E-state index >= 15 is 0 Å². The Morgan fingerprint density at radius 3 is 2.72 bits per heavy atom. The third kappa shape index (κ3) is 3.64. The van der Waals surface area contributed by atoms with Gasteiger partial charge < -0.3 is 4.98 Å². The third-order valence-electron chi connectivity index (χ3n) is 3.96. The Labute approximate surface area is 144 Å². The molecular formula is C17H18FN3O3S. The first-order chi connectivity index (χ1) is 11.9. The lowest BCUT2D eigenvalue weighted by Crippen LogP contribution is -2.27. The highest BCUT2D eigenvalue weighted by Crippen LogP contribution is 2.16. The molecule has 1 aromatic heterocycles. The minimum atomic E-state index is -3.71. The number of aromatic nitrogens is 2. The molecular weight excluding hydrogens is 345 g/mol. The summed E-state index contributed by atoms with van der Waals surface area (Å²) in [5, 5.41) is 0. The summed E-state index contributed by atoms with van der Waals surface area (Å²) in [7, 11) is -3.71. The van der Waals surface area contributed by atoms with Crippen molar-refractivity contribution in [2.75, 3.05) is 6.54 Å². The first-order valence-corrected chi connectivity index (χ1v) is 9.30. The lowest BCUT2D eigenvalue weighted by atomic mass is 10.2. The number of aryl methyl sites for hydroxylation is 2. The molecule has 25 heavy (non-hydrogen) atoms. The van der Waals surface area contributed by atoms with Crippen LogP contribution in [0.3, 0.4) is 0 Å². The Morgan fingerprint density at radius 1 is 1.20 bits per heavy atom. The maximum absolute atomic E-state index is 13.1. The van der Waals surface area contributed by atoms with Gasteiger partial charge in [0, 0.05) is 13.1 Å². The van der Waals surface area contributed by atoms with Crippen molar-refractivity contribution in [1.82, 2.24) is 14.3 Å². The lowest BCUT2D eigenvalue weighted by molar-refractivity contribution is 0.568. The third-order valence-corrected chi connectivity index (χ3v) is 5.58. The number of nitrogens with one attached hydrogen (secondary N) is 2. The number of halogens is 1. The van der Waals surface area contributed by atoms with E-state index in [0.717, 1.165) is 17.1 Å². The molecule has 0 aliphatic carbocycles. The number of rotatable bonds is 6. The van der Waals surface area contributed by atoms with E-state index in [-0.39, 0.29) is 17.1 Å². The smallest absolute Gasteiger partial charge is 0.306 e. The van der Waals surface area contributed by atoms with E-state index in [1.54, 1.807) is 11.5 Å². The van der Waals surface area contributed by atoms with Gasteiger partial charge in [-0.1, -0.05) is 12.1 Å². The van der Waals surface area contributed by atoms with Crippen LogP contribution in [0, 0.1) is 12.7 Å². The summed E-state index contributed by atoms with van der Waals surface area (Å²) in [5.41, 5.74) is 1.65. The average Bonchev–Trinajstić information content (AvgIpc) is 2.86. The minimum absolute atomic E-state index is 0.0539. The van der Waals surface area contributed by atoms with Gasteiger partial charge in [-0.2, -0.15) is 0 Å². The standard InChI is InChI=1S/C17H18FN3O3S/c1-12-11-13(18)7-8-16(12)25(23,24)19-9-4-10-21-15-6-3-2-5-14(15)20-17(21)22/h2-3,5-8,11,19H,4,9-10H2,1H3,(H,20,22). The van der Waals surface area contributed by atoms with Crippen LogP contribution < -0.4 is 10.4 Å². The van der Waals surface area contributed by atoms with Gasteiger partial charge in [0.2, 0.25) is 10.0 Å². The van der Waals surface area contributed by atoms with Crippen molar-refractivity contribution in [2.24, 2.45) is 0 Å². The minimum Gasteiger partial charge on any atom is -0.306 e. The number of aromatic amines is 1. The van der Waals surface area contributed by atoms with Crippen molar-refractivity contribution in [2.45, 2.75) is 24.8 Å². The van der Waals surface area contributed by atoms with Gasteiger partial charge in [0.15, 0.2) is 0 Å². The van der Waals surface area contributed by atoms with Gasteiger partial charge in [0.05, 0.1) is 15.9 Å². The zero-order valence-corrected chi connectivity index (χ0v) is 14.4. The number of hydrogen-bond acceptors (Lipinski definition) is 3. The fraction of sp³-hybridized carbons (Fsp3) is 0.235. The van der Waals surface area contributed by atoms with Gasteiger partial charge in [0.1, 0.15) is 5.82 Å². The molecule has 0 fully saturated rings. The molecule has 8 heteroatoms. The number of benzene rings is 2. The van der Waals surface area contributed by atoms with Crippen molar-refractivity contribution in [3.8, 4) is 0 Å². The van der Waals surface area contributed by atoms with Crippen LogP contribution in [0.2, 0.25) is 0 Å². The molecule has 0 unspecified atom stereocenters. The largest absolute Gasteiger partial charge is 0.326 e. The predicted molar refractivity (Wildman–Crippen MR) is 93.5 cm³/mol. The van der Waals surface area contributed by atoms with E-state index < -0.39 is 15.8 Å². The summed E-state index contributed by atoms with van der Waals surface area (Å²) >= 11 is 0. The van der Waals surface area contributed by atoms with E-state index in [0.29, 0.717) is 18.5 Å². The molecule has 0 saturated carbocycles. The van der Waals surface area contributed by atoms with Gasteiger partial charge in [-0.05, 0) is 49.2 Å². The topological polar surface area (TPSA) is 84.0 Å². The Hall–Kier alpha value is -2.45. The van der Waals surface area contributed by atoms with Crippen molar-refractivity contribution in [3.63, 3.8) is 0 Å². The number of H-pyrrole nitrogens is 1. The summed E-state index contributed by atoms with van der Waals surface area (Å²) in [6.45, 7) is 2.10. The second-order valence-corrected chi connectivity index (χ2v) is 7.50. The van der Waals surface area contributed by atoms with E-state index in [2.05, 4.69) is 9.71 Å². The number of para-hydroxylation sites is 2. The second kappa shape index (κ2) is 6.81. The fourth-order valence-electron chi connectivity index (χ4n) is 2.76. The molecule has 1 heterocycles. The molecule has 0 aliphatic rings. The quantitative estimate of drug-likeness (QED) is 0.658. The monoisotopic (exact) mass is 363 g/mol. The van der Waals surface area contributed by atoms with Gasteiger partial charge in [-0.3, -0.25) is 4.57 Å². The van der Waals surface area contributed by atoms with Crippen LogP contribution in [0.15, 0.2) is 52.2 Å². The number of fused-ring (bicyclic) bond motifs is 1. The summed E-state index contributed by atoms with van der Waals surface area (Å²) in [5.74, 6) is -0.477. The number of hydrogen-bond donors (Lipinski definition) is 2. The normalized spacial score (nSPS) is 11.9. The van der Waals surface area contributed by atoms with E-state index in [1.807, 2.05) is 24.3 Å². The Morgan fingerprint density at radius 2 is 1.96 bits per heavy atom. The number of sulfonamides is 1. The summed E-state index contributed by atoms with van der Waals surface area (Å²) in [6, 6.07) is 10.9. The Bertz CT molecular complexity index is 1070. The van der Waals surface area contributed by atoms with Gasteiger partial charge >= 0.3 is 5.69 Å². The summed E-state index contributed by atoms with van der Waals surface area (Å²) < 4.78 is 41.8. The second-order valence-electron chi connectivity index (χ2n) is 5.76. The maximum Gasteiger partial charge on any atom is 0.326 e. The van der Waals surface area contributed by atoms with Crippen molar-refractivity contribution in [1.29, 1.82) is 0 Å². The molecule has 3 aromatic rings. The average molecular weight is 363 g/mol. The first-order valence-electron chi connectivity index (χ1n) is 7.82. The molecule has 0 bridgehead atoms. The van der Waals surface area contributed by atoms with E-state index in [1.165, 1.54) is 12.1 Å². The predicted octanol–water partition coefficient (Wildman–Crippen LogP) is 2.15. The highest BCUT2D eigenvalue weighted by molar-refractivity contribution is 7.89. The molecule has 2 N–H and O–H groups in total.